The van der Waals surface area contributed by atoms with Gasteiger partial charge in [-0.2, -0.15) is 0 Å². The predicted molar refractivity (Wildman–Crippen MR) is 77.2 cm³/mol. The largest absolute Gasteiger partial charge is 0.320 e. The van der Waals surface area contributed by atoms with E-state index in [4.69, 9.17) is 17.3 Å². The van der Waals surface area contributed by atoms with Crippen molar-refractivity contribution in [2.24, 2.45) is 5.73 Å². The van der Waals surface area contributed by atoms with Crippen molar-refractivity contribution >= 4 is 54.8 Å². The van der Waals surface area contributed by atoms with Crippen LogP contribution in [0.5, 0.6) is 0 Å². The van der Waals surface area contributed by atoms with Crippen molar-refractivity contribution in [3.63, 3.8) is 0 Å². The van der Waals surface area contributed by atoms with Gasteiger partial charge in [-0.1, -0.05) is 17.7 Å². The van der Waals surface area contributed by atoms with Gasteiger partial charge in [-0.25, -0.2) is 4.39 Å². The second-order valence-corrected chi connectivity index (χ2v) is 7.08. The Morgan fingerprint density at radius 1 is 1.29 bits per heavy atom. The van der Waals surface area contributed by atoms with Crippen LogP contribution in [0.15, 0.2) is 32.5 Å². The van der Waals surface area contributed by atoms with Gasteiger partial charge >= 0.3 is 0 Å². The van der Waals surface area contributed by atoms with Crippen molar-refractivity contribution in [1.82, 2.24) is 0 Å². The summed E-state index contributed by atoms with van der Waals surface area (Å²) in [6.45, 7) is 0. The average molecular weight is 400 g/mol. The van der Waals surface area contributed by atoms with Crippen LogP contribution in [0.3, 0.4) is 0 Å². The molecule has 1 nitrogen and oxygen atoms in total. The van der Waals surface area contributed by atoms with Gasteiger partial charge < -0.3 is 5.73 Å². The van der Waals surface area contributed by atoms with Gasteiger partial charge in [-0.15, -0.1) is 11.3 Å². The van der Waals surface area contributed by atoms with Gasteiger partial charge in [0.2, 0.25) is 0 Å². The Kier molecular flexibility index (Phi) is 4.26. The summed E-state index contributed by atoms with van der Waals surface area (Å²) in [4.78, 5) is 0.956. The number of hydrogen-bond donors (Lipinski definition) is 1. The van der Waals surface area contributed by atoms with Gasteiger partial charge in [0.25, 0.3) is 0 Å². The number of thiophene rings is 1. The van der Waals surface area contributed by atoms with Crippen molar-refractivity contribution in [2.45, 2.75) is 6.04 Å². The minimum absolute atomic E-state index is 0.346. The first kappa shape index (κ1) is 13.5. The predicted octanol–water partition coefficient (Wildman–Crippen LogP) is 5.11. The highest BCUT2D eigenvalue weighted by Gasteiger charge is 2.16. The fourth-order valence-corrected chi connectivity index (χ4v) is 3.82. The topological polar surface area (TPSA) is 26.0 Å². The lowest BCUT2D eigenvalue weighted by Gasteiger charge is -2.11. The third-order valence-electron chi connectivity index (χ3n) is 2.27. The molecule has 0 radical (unpaired) electrons. The molecule has 1 heterocycles. The molecule has 0 bridgehead atoms. The zero-order valence-corrected chi connectivity index (χ0v) is 13.1. The third-order valence-corrected chi connectivity index (χ3v) is 5.93. The lowest BCUT2D eigenvalue weighted by molar-refractivity contribution is 0.626. The first-order valence-corrected chi connectivity index (χ1v) is 7.42. The highest BCUT2D eigenvalue weighted by Crippen LogP contribution is 2.38. The van der Waals surface area contributed by atoms with E-state index in [9.17, 15) is 4.39 Å². The summed E-state index contributed by atoms with van der Waals surface area (Å²) >= 11 is 14.3. The van der Waals surface area contributed by atoms with Crippen molar-refractivity contribution in [3.05, 3.63) is 53.8 Å². The Morgan fingerprint density at radius 2 is 2.00 bits per heavy atom. The monoisotopic (exact) mass is 397 g/mol. The first-order chi connectivity index (χ1) is 7.99. The molecule has 0 aliphatic carbocycles. The van der Waals surface area contributed by atoms with E-state index in [1.165, 1.54) is 23.5 Å². The zero-order chi connectivity index (χ0) is 12.6. The molecule has 0 aliphatic heterocycles. The Hall–Kier alpha value is 0.0600. The Morgan fingerprint density at radius 3 is 2.53 bits per heavy atom. The number of halogens is 4. The van der Waals surface area contributed by atoms with Gasteiger partial charge in [0.1, 0.15) is 5.82 Å². The SMILES string of the molecule is NC(c1cc(Br)c(Br)s1)c1ccc(F)cc1Cl. The van der Waals surface area contributed by atoms with Crippen LogP contribution in [0.25, 0.3) is 0 Å². The van der Waals surface area contributed by atoms with E-state index in [1.807, 2.05) is 6.07 Å². The molecule has 0 fully saturated rings. The van der Waals surface area contributed by atoms with Crippen LogP contribution in [0.1, 0.15) is 16.5 Å². The summed E-state index contributed by atoms with van der Waals surface area (Å²) < 4.78 is 14.9. The van der Waals surface area contributed by atoms with Gasteiger partial charge in [-0.05, 0) is 55.6 Å². The molecule has 0 saturated carbocycles. The Balaban J connectivity index is 2.39. The number of rotatable bonds is 2. The number of nitrogens with two attached hydrogens (primary N) is 1. The lowest BCUT2D eigenvalue weighted by atomic mass is 10.1. The van der Waals surface area contributed by atoms with Crippen molar-refractivity contribution in [1.29, 1.82) is 0 Å². The quantitative estimate of drug-likeness (QED) is 0.746. The lowest BCUT2D eigenvalue weighted by Crippen LogP contribution is -2.10. The Labute approximate surface area is 124 Å². The maximum Gasteiger partial charge on any atom is 0.124 e. The smallest absolute Gasteiger partial charge is 0.124 e. The van der Waals surface area contributed by atoms with Crippen LogP contribution < -0.4 is 5.73 Å². The van der Waals surface area contributed by atoms with Crippen LogP contribution in [-0.2, 0) is 0 Å². The van der Waals surface area contributed by atoms with E-state index in [2.05, 4.69) is 31.9 Å². The second-order valence-electron chi connectivity index (χ2n) is 3.41. The van der Waals surface area contributed by atoms with Gasteiger partial charge in [-0.3, -0.25) is 0 Å². The summed E-state index contributed by atoms with van der Waals surface area (Å²) in [5.74, 6) is -0.362. The molecule has 2 rings (SSSR count). The molecule has 6 heteroatoms. The summed E-state index contributed by atoms with van der Waals surface area (Å²) in [5, 5.41) is 0.346. The number of hydrogen-bond acceptors (Lipinski definition) is 2. The fourth-order valence-electron chi connectivity index (χ4n) is 1.42. The molecule has 2 N–H and O–H groups in total. The van der Waals surface area contributed by atoms with Crippen molar-refractivity contribution < 1.29 is 4.39 Å². The van der Waals surface area contributed by atoms with E-state index in [0.717, 1.165) is 13.1 Å². The first-order valence-electron chi connectivity index (χ1n) is 4.64. The minimum atomic E-state index is -0.362. The van der Waals surface area contributed by atoms with Crippen molar-refractivity contribution in [3.8, 4) is 0 Å². The third kappa shape index (κ3) is 2.90. The molecule has 1 aromatic carbocycles. The van der Waals surface area contributed by atoms with E-state index >= 15 is 0 Å². The maximum absolute atomic E-state index is 12.9. The van der Waals surface area contributed by atoms with Crippen molar-refractivity contribution in [2.75, 3.05) is 0 Å². The van der Waals surface area contributed by atoms with E-state index < -0.39 is 0 Å². The molecule has 0 aliphatic rings. The zero-order valence-electron chi connectivity index (χ0n) is 8.38. The molecule has 1 unspecified atom stereocenters. The van der Waals surface area contributed by atoms with Gasteiger partial charge in [0.15, 0.2) is 0 Å². The van der Waals surface area contributed by atoms with Crippen LogP contribution >= 0.6 is 54.8 Å². The molecule has 2 aromatic rings. The van der Waals surface area contributed by atoms with E-state index in [1.54, 1.807) is 6.07 Å². The molecule has 17 heavy (non-hydrogen) atoms. The average Bonchev–Trinajstić information content (AvgIpc) is 2.58. The maximum atomic E-state index is 12.9. The standard InChI is InChI=1S/C11H7Br2ClFNS/c12-7-4-9(17-11(7)13)10(16)6-2-1-5(15)3-8(6)14/h1-4,10H,16H2. The summed E-state index contributed by atoms with van der Waals surface area (Å²) in [6, 6.07) is 5.83. The summed E-state index contributed by atoms with van der Waals surface area (Å²) in [7, 11) is 0. The molecule has 0 amide bonds. The molecular weight excluding hydrogens is 392 g/mol. The highest BCUT2D eigenvalue weighted by molar-refractivity contribution is 9.13. The van der Waals surface area contributed by atoms with Gasteiger partial charge in [0.05, 0.1) is 9.83 Å². The molecule has 90 valence electrons. The Bertz CT molecular complexity index is 539. The number of benzene rings is 1. The van der Waals surface area contributed by atoms with Crippen LogP contribution in [-0.4, -0.2) is 0 Å². The van der Waals surface area contributed by atoms with Crippen LogP contribution in [0.4, 0.5) is 4.39 Å². The van der Waals surface area contributed by atoms with E-state index in [0.29, 0.717) is 10.6 Å². The minimum Gasteiger partial charge on any atom is -0.320 e. The molecule has 1 atom stereocenters. The fraction of sp³-hybridized carbons (Fsp3) is 0.0909. The summed E-state index contributed by atoms with van der Waals surface area (Å²) in [6.07, 6.45) is 0. The van der Waals surface area contributed by atoms with Gasteiger partial charge in [0, 0.05) is 14.4 Å². The second kappa shape index (κ2) is 5.36. The molecular formula is C11H7Br2ClFNS. The highest BCUT2D eigenvalue weighted by atomic mass is 79.9. The molecule has 1 aromatic heterocycles. The van der Waals surface area contributed by atoms with E-state index in [-0.39, 0.29) is 11.9 Å². The molecule has 0 spiro atoms. The normalized spacial score (nSPS) is 12.8. The van der Waals surface area contributed by atoms with Crippen LogP contribution in [0.2, 0.25) is 5.02 Å². The molecule has 0 saturated heterocycles. The summed E-state index contributed by atoms with van der Waals surface area (Å²) in [5.41, 5.74) is 6.83. The van der Waals surface area contributed by atoms with Crippen LogP contribution in [0, 0.1) is 5.82 Å².